The molecular formula is C10H14O3S. The van der Waals surface area contributed by atoms with E-state index in [9.17, 15) is 9.00 Å². The van der Waals surface area contributed by atoms with E-state index < -0.39 is 10.8 Å². The molecule has 3 nitrogen and oxygen atoms in total. The third-order valence-electron chi connectivity index (χ3n) is 1.61. The lowest BCUT2D eigenvalue weighted by Gasteiger charge is -2.02. The van der Waals surface area contributed by atoms with Crippen LogP contribution in [0.2, 0.25) is 0 Å². The Morgan fingerprint density at radius 1 is 1.57 bits per heavy atom. The highest BCUT2D eigenvalue weighted by Crippen LogP contribution is 2.04. The van der Waals surface area contributed by atoms with E-state index in [1.807, 2.05) is 13.8 Å². The van der Waals surface area contributed by atoms with Crippen molar-refractivity contribution in [1.82, 2.24) is 0 Å². The predicted octanol–water partition coefficient (Wildman–Crippen LogP) is 1.87. The van der Waals surface area contributed by atoms with E-state index in [4.69, 9.17) is 4.42 Å². The maximum atomic E-state index is 11.4. The van der Waals surface area contributed by atoms with Crippen LogP contribution in [-0.4, -0.2) is 21.5 Å². The van der Waals surface area contributed by atoms with Crippen LogP contribution in [-0.2, 0) is 10.8 Å². The Bertz CT molecular complexity index is 314. The van der Waals surface area contributed by atoms with E-state index in [2.05, 4.69) is 0 Å². The summed E-state index contributed by atoms with van der Waals surface area (Å²) in [7, 11) is -1.07. The fraction of sp³-hybridized carbons (Fsp3) is 0.500. The molecular weight excluding hydrogens is 200 g/mol. The summed E-state index contributed by atoms with van der Waals surface area (Å²) in [6.07, 6.45) is 1.44. The lowest BCUT2D eigenvalue weighted by atomic mass is 10.3. The lowest BCUT2D eigenvalue weighted by molar-refractivity contribution is 0.0991. The number of rotatable bonds is 5. The van der Waals surface area contributed by atoms with Gasteiger partial charge in [-0.05, 0) is 18.1 Å². The molecule has 0 aliphatic heterocycles. The third kappa shape index (κ3) is 3.46. The number of hydrogen-bond donors (Lipinski definition) is 0. The van der Waals surface area contributed by atoms with E-state index in [1.165, 1.54) is 6.26 Å². The van der Waals surface area contributed by atoms with Crippen molar-refractivity contribution < 1.29 is 13.4 Å². The van der Waals surface area contributed by atoms with Gasteiger partial charge in [-0.2, -0.15) is 0 Å². The van der Waals surface area contributed by atoms with Crippen molar-refractivity contribution in [3.63, 3.8) is 0 Å². The van der Waals surface area contributed by atoms with Crippen molar-refractivity contribution >= 4 is 16.6 Å². The molecule has 1 heterocycles. The van der Waals surface area contributed by atoms with Crippen LogP contribution in [0.3, 0.4) is 0 Å². The summed E-state index contributed by atoms with van der Waals surface area (Å²) in [5, 5.41) is 0. The zero-order valence-electron chi connectivity index (χ0n) is 8.36. The molecule has 0 fully saturated rings. The van der Waals surface area contributed by atoms with E-state index in [-0.39, 0.29) is 11.5 Å². The van der Waals surface area contributed by atoms with Crippen LogP contribution in [0, 0.1) is 5.92 Å². The molecule has 1 atom stereocenters. The number of Topliss-reactive ketones (excluding diaryl/α,β-unsaturated/α-hetero) is 1. The molecule has 78 valence electrons. The van der Waals surface area contributed by atoms with Gasteiger partial charge in [0.05, 0.1) is 12.0 Å². The quantitative estimate of drug-likeness (QED) is 0.703. The van der Waals surface area contributed by atoms with Crippen LogP contribution in [0.15, 0.2) is 22.8 Å². The van der Waals surface area contributed by atoms with Crippen molar-refractivity contribution in [2.45, 2.75) is 13.8 Å². The van der Waals surface area contributed by atoms with Crippen molar-refractivity contribution in [3.8, 4) is 0 Å². The molecule has 1 unspecified atom stereocenters. The minimum Gasteiger partial charge on any atom is -0.461 e. The van der Waals surface area contributed by atoms with Gasteiger partial charge in [-0.3, -0.25) is 9.00 Å². The van der Waals surface area contributed by atoms with Gasteiger partial charge < -0.3 is 4.42 Å². The third-order valence-corrected chi connectivity index (χ3v) is 3.23. The number of ketones is 1. The number of carbonyl (C=O) groups is 1. The summed E-state index contributed by atoms with van der Waals surface area (Å²) in [6.45, 7) is 3.96. The fourth-order valence-corrected chi connectivity index (χ4v) is 2.38. The van der Waals surface area contributed by atoms with Crippen LogP contribution in [0.1, 0.15) is 24.4 Å². The second-order valence-corrected chi connectivity index (χ2v) is 5.05. The molecule has 1 rings (SSSR count). The highest BCUT2D eigenvalue weighted by molar-refractivity contribution is 7.85. The van der Waals surface area contributed by atoms with E-state index >= 15 is 0 Å². The Labute approximate surface area is 86.0 Å². The largest absolute Gasteiger partial charge is 0.461 e. The Hall–Kier alpha value is -0.900. The maximum absolute atomic E-state index is 11.4. The lowest BCUT2D eigenvalue weighted by Crippen LogP contribution is -2.15. The van der Waals surface area contributed by atoms with Crippen LogP contribution in [0.5, 0.6) is 0 Å². The Morgan fingerprint density at radius 3 is 2.79 bits per heavy atom. The minimum absolute atomic E-state index is 0.0612. The van der Waals surface area contributed by atoms with E-state index in [0.29, 0.717) is 17.4 Å². The molecule has 0 bridgehead atoms. The van der Waals surface area contributed by atoms with Gasteiger partial charge in [0.25, 0.3) is 0 Å². The average Bonchev–Trinajstić information content (AvgIpc) is 2.53. The molecule has 1 aromatic heterocycles. The molecule has 14 heavy (non-hydrogen) atoms. The number of furan rings is 1. The summed E-state index contributed by atoms with van der Waals surface area (Å²) in [5.74, 6) is 1.08. The molecule has 0 radical (unpaired) electrons. The summed E-state index contributed by atoms with van der Waals surface area (Å²) < 4.78 is 16.3. The molecule has 0 spiro atoms. The summed E-state index contributed by atoms with van der Waals surface area (Å²) >= 11 is 0. The molecule has 0 N–H and O–H groups in total. The van der Waals surface area contributed by atoms with E-state index in [0.717, 1.165) is 0 Å². The normalized spacial score (nSPS) is 13.1. The van der Waals surface area contributed by atoms with Crippen LogP contribution < -0.4 is 0 Å². The second kappa shape index (κ2) is 5.10. The highest BCUT2D eigenvalue weighted by Gasteiger charge is 2.13. The van der Waals surface area contributed by atoms with Crippen molar-refractivity contribution in [1.29, 1.82) is 0 Å². The summed E-state index contributed by atoms with van der Waals surface area (Å²) in [6, 6.07) is 3.24. The molecule has 0 saturated heterocycles. The Kier molecular flexibility index (Phi) is 4.07. The standard InChI is InChI=1S/C10H14O3S/c1-8(2)6-14(12)7-9(11)10-4-3-5-13-10/h3-5,8H,6-7H2,1-2H3. The Balaban J connectivity index is 2.46. The van der Waals surface area contributed by atoms with Crippen molar-refractivity contribution in [2.24, 2.45) is 5.92 Å². The molecule has 0 aliphatic rings. The molecule has 0 amide bonds. The highest BCUT2D eigenvalue weighted by atomic mass is 32.2. The second-order valence-electron chi connectivity index (χ2n) is 3.55. The van der Waals surface area contributed by atoms with Crippen LogP contribution in [0.25, 0.3) is 0 Å². The van der Waals surface area contributed by atoms with Gasteiger partial charge in [0.2, 0.25) is 5.78 Å². The first-order valence-electron chi connectivity index (χ1n) is 4.51. The Morgan fingerprint density at radius 2 is 2.29 bits per heavy atom. The molecule has 0 aromatic carbocycles. The summed E-state index contributed by atoms with van der Waals surface area (Å²) in [5.41, 5.74) is 0. The zero-order chi connectivity index (χ0) is 10.6. The van der Waals surface area contributed by atoms with Gasteiger partial charge in [-0.25, -0.2) is 0 Å². The van der Waals surface area contributed by atoms with Gasteiger partial charge >= 0.3 is 0 Å². The molecule has 4 heteroatoms. The van der Waals surface area contributed by atoms with Gasteiger partial charge in [-0.15, -0.1) is 0 Å². The van der Waals surface area contributed by atoms with Crippen molar-refractivity contribution in [3.05, 3.63) is 24.2 Å². The summed E-state index contributed by atoms with van der Waals surface area (Å²) in [4.78, 5) is 11.4. The zero-order valence-corrected chi connectivity index (χ0v) is 9.17. The van der Waals surface area contributed by atoms with Crippen molar-refractivity contribution in [2.75, 3.05) is 11.5 Å². The number of hydrogen-bond acceptors (Lipinski definition) is 3. The minimum atomic E-state index is -1.07. The first-order valence-corrected chi connectivity index (χ1v) is 6.00. The SMILES string of the molecule is CC(C)CS(=O)CC(=O)c1ccco1. The van der Waals surface area contributed by atoms with Gasteiger partial charge in [0.15, 0.2) is 5.76 Å². The maximum Gasteiger partial charge on any atom is 0.210 e. The fourth-order valence-electron chi connectivity index (χ4n) is 1.09. The van der Waals surface area contributed by atoms with E-state index in [1.54, 1.807) is 12.1 Å². The topological polar surface area (TPSA) is 47.3 Å². The van der Waals surface area contributed by atoms with Gasteiger partial charge in [0.1, 0.15) is 0 Å². The predicted molar refractivity (Wildman–Crippen MR) is 55.8 cm³/mol. The monoisotopic (exact) mass is 214 g/mol. The van der Waals surface area contributed by atoms with Crippen LogP contribution >= 0.6 is 0 Å². The molecule has 0 saturated carbocycles. The average molecular weight is 214 g/mol. The van der Waals surface area contributed by atoms with Crippen LogP contribution in [0.4, 0.5) is 0 Å². The molecule has 1 aromatic rings. The smallest absolute Gasteiger partial charge is 0.210 e. The molecule has 0 aliphatic carbocycles. The first kappa shape index (κ1) is 11.2. The van der Waals surface area contributed by atoms with Gasteiger partial charge in [-0.1, -0.05) is 13.8 Å². The number of carbonyl (C=O) groups excluding carboxylic acids is 1. The van der Waals surface area contributed by atoms with Gasteiger partial charge in [0, 0.05) is 16.6 Å². The first-order chi connectivity index (χ1) is 6.59.